The van der Waals surface area contributed by atoms with Gasteiger partial charge in [-0.2, -0.15) is 0 Å². The lowest BCUT2D eigenvalue weighted by molar-refractivity contribution is 0.249. The number of hydrogen-bond donors (Lipinski definition) is 2. The molecule has 114 valence electrons. The molecule has 1 aliphatic heterocycles. The lowest BCUT2D eigenvalue weighted by Crippen LogP contribution is -2.58. The quantitative estimate of drug-likeness (QED) is 0.690. The largest absolute Gasteiger partial charge is 0.354 e. The normalized spacial score (nSPS) is 34.9. The first-order chi connectivity index (χ1) is 10.1. The van der Waals surface area contributed by atoms with Gasteiger partial charge < -0.3 is 10.6 Å². The summed E-state index contributed by atoms with van der Waals surface area (Å²) in [6, 6.07) is 0. The van der Waals surface area contributed by atoms with Crippen molar-refractivity contribution < 1.29 is 0 Å². The molecule has 2 N–H and O–H groups in total. The van der Waals surface area contributed by atoms with Crippen LogP contribution in [0.1, 0.15) is 62.0 Å². The number of hydrogen-bond acceptors (Lipinski definition) is 3. The van der Waals surface area contributed by atoms with E-state index in [1.165, 1.54) is 61.1 Å². The Morgan fingerprint density at radius 3 is 2.62 bits per heavy atom. The summed E-state index contributed by atoms with van der Waals surface area (Å²) in [6.45, 7) is 4.74. The molecule has 1 fully saturated rings. The van der Waals surface area contributed by atoms with E-state index in [9.17, 15) is 0 Å². The summed E-state index contributed by atoms with van der Waals surface area (Å²) in [5.74, 6) is 1.68. The summed E-state index contributed by atoms with van der Waals surface area (Å²) in [6.07, 6.45) is 8.71. The smallest absolute Gasteiger partial charge is 0.111 e. The Bertz CT molecular complexity index is 582. The number of thiophene rings is 1. The molecule has 1 spiro atoms. The van der Waals surface area contributed by atoms with Gasteiger partial charge in [0.05, 0.1) is 0 Å². The molecule has 0 saturated heterocycles. The zero-order valence-corrected chi connectivity index (χ0v) is 14.6. The van der Waals surface area contributed by atoms with Crippen LogP contribution < -0.4 is 10.6 Å². The topological polar surface area (TPSA) is 24.1 Å². The molecule has 0 radical (unpaired) electrons. The van der Waals surface area contributed by atoms with E-state index < -0.39 is 0 Å². The van der Waals surface area contributed by atoms with E-state index in [0.717, 1.165) is 16.8 Å². The fourth-order valence-corrected chi connectivity index (χ4v) is 6.11. The Morgan fingerprint density at radius 2 is 1.86 bits per heavy atom. The fraction of sp³-hybridized carbons (Fsp3) is 0.706. The molecular weight excluding hydrogens is 296 g/mol. The van der Waals surface area contributed by atoms with Crippen molar-refractivity contribution in [1.29, 1.82) is 0 Å². The van der Waals surface area contributed by atoms with E-state index in [1.807, 2.05) is 11.3 Å². The zero-order chi connectivity index (χ0) is 14.6. The third-order valence-corrected chi connectivity index (χ3v) is 7.05. The van der Waals surface area contributed by atoms with Gasteiger partial charge in [-0.1, -0.05) is 26.1 Å². The zero-order valence-electron chi connectivity index (χ0n) is 12.9. The second kappa shape index (κ2) is 4.95. The Morgan fingerprint density at radius 1 is 1.10 bits per heavy atom. The Kier molecular flexibility index (Phi) is 3.30. The highest BCUT2D eigenvalue weighted by molar-refractivity contribution is 7.80. The molecule has 3 aliphatic rings. The molecule has 1 atom stereocenters. The van der Waals surface area contributed by atoms with E-state index in [2.05, 4.69) is 24.5 Å². The van der Waals surface area contributed by atoms with Crippen molar-refractivity contribution in [1.82, 2.24) is 5.32 Å². The van der Waals surface area contributed by atoms with Gasteiger partial charge in [0, 0.05) is 10.4 Å². The second-order valence-electron chi connectivity index (χ2n) is 7.40. The van der Waals surface area contributed by atoms with E-state index >= 15 is 0 Å². The molecule has 0 bridgehead atoms. The van der Waals surface area contributed by atoms with Crippen LogP contribution in [0.3, 0.4) is 0 Å². The van der Waals surface area contributed by atoms with Gasteiger partial charge in [-0.25, -0.2) is 0 Å². The van der Waals surface area contributed by atoms with Gasteiger partial charge >= 0.3 is 0 Å². The molecule has 4 rings (SSSR count). The van der Waals surface area contributed by atoms with Crippen molar-refractivity contribution in [3.05, 3.63) is 16.0 Å². The highest BCUT2D eigenvalue weighted by atomic mass is 32.1. The van der Waals surface area contributed by atoms with Crippen LogP contribution >= 0.6 is 23.6 Å². The molecule has 1 aromatic rings. The Hall–Kier alpha value is -0.610. The van der Waals surface area contributed by atoms with Crippen molar-refractivity contribution in [2.75, 3.05) is 5.32 Å². The molecule has 0 aromatic carbocycles. The van der Waals surface area contributed by atoms with Crippen molar-refractivity contribution in [3.63, 3.8) is 0 Å². The first-order valence-electron chi connectivity index (χ1n) is 8.31. The maximum absolute atomic E-state index is 5.77. The third-order valence-electron chi connectivity index (χ3n) is 5.57. The lowest BCUT2D eigenvalue weighted by atomic mass is 9.81. The summed E-state index contributed by atoms with van der Waals surface area (Å²) in [4.78, 5) is 2.59. The molecule has 0 amide bonds. The molecule has 1 aromatic heterocycles. The van der Waals surface area contributed by atoms with Gasteiger partial charge in [0.1, 0.15) is 15.7 Å². The van der Waals surface area contributed by atoms with Crippen molar-refractivity contribution in [3.8, 4) is 0 Å². The van der Waals surface area contributed by atoms with Gasteiger partial charge in [-0.3, -0.25) is 0 Å². The molecule has 2 aliphatic carbocycles. The maximum Gasteiger partial charge on any atom is 0.111 e. The monoisotopic (exact) mass is 320 g/mol. The predicted molar refractivity (Wildman–Crippen MR) is 94.3 cm³/mol. The first-order valence-corrected chi connectivity index (χ1v) is 9.54. The number of anilines is 1. The van der Waals surface area contributed by atoms with E-state index in [0.29, 0.717) is 0 Å². The molecule has 2 nitrogen and oxygen atoms in total. The minimum absolute atomic E-state index is 0.0374. The summed E-state index contributed by atoms with van der Waals surface area (Å²) in [5.41, 5.74) is 2.91. The van der Waals surface area contributed by atoms with Crippen LogP contribution in [0.25, 0.3) is 0 Å². The van der Waals surface area contributed by atoms with Crippen LogP contribution in [0.4, 0.5) is 5.00 Å². The van der Waals surface area contributed by atoms with Crippen LogP contribution in [0.15, 0.2) is 0 Å². The van der Waals surface area contributed by atoms with Crippen LogP contribution in [-0.2, 0) is 12.8 Å². The molecule has 21 heavy (non-hydrogen) atoms. The minimum atomic E-state index is 0.0374. The summed E-state index contributed by atoms with van der Waals surface area (Å²) >= 11 is 7.74. The van der Waals surface area contributed by atoms with Crippen molar-refractivity contribution >= 4 is 33.5 Å². The van der Waals surface area contributed by atoms with Crippen LogP contribution in [0.5, 0.6) is 0 Å². The predicted octanol–water partition coefficient (Wildman–Crippen LogP) is 4.47. The summed E-state index contributed by atoms with van der Waals surface area (Å²) in [7, 11) is 0. The number of fused-ring (bicyclic) bond motifs is 3. The van der Waals surface area contributed by atoms with E-state index in [4.69, 9.17) is 12.2 Å². The van der Waals surface area contributed by atoms with Crippen LogP contribution in [-0.4, -0.2) is 10.7 Å². The maximum atomic E-state index is 5.77. The van der Waals surface area contributed by atoms with Gasteiger partial charge in [0.25, 0.3) is 0 Å². The average Bonchev–Trinajstić information content (AvgIpc) is 2.79. The van der Waals surface area contributed by atoms with Gasteiger partial charge in [0.15, 0.2) is 0 Å². The summed E-state index contributed by atoms with van der Waals surface area (Å²) in [5, 5.41) is 8.89. The minimum Gasteiger partial charge on any atom is -0.354 e. The standard InChI is InChI=1S/C17H24N2S2/c1-10-5-7-17(8-6-10)18-15(20)14-12-4-3-11(2)9-13(12)21-16(14)19-17/h10-11,19H,3-9H2,1-2H3,(H,18,20)/t10?,11-,17?/m0/s1. The Balaban J connectivity index is 1.68. The molecular formula is C17H24N2S2. The highest BCUT2D eigenvalue weighted by Gasteiger charge is 2.41. The van der Waals surface area contributed by atoms with Crippen molar-refractivity contribution in [2.24, 2.45) is 11.8 Å². The van der Waals surface area contributed by atoms with Crippen molar-refractivity contribution in [2.45, 2.75) is 64.5 Å². The number of rotatable bonds is 0. The fourth-order valence-electron chi connectivity index (χ4n) is 4.11. The van der Waals surface area contributed by atoms with Crippen LogP contribution in [0, 0.1) is 11.8 Å². The lowest BCUT2D eigenvalue weighted by Gasteiger charge is -2.44. The average molecular weight is 321 g/mol. The van der Waals surface area contributed by atoms with Gasteiger partial charge in [-0.05, 0) is 62.3 Å². The molecule has 4 heteroatoms. The van der Waals surface area contributed by atoms with Gasteiger partial charge in [-0.15, -0.1) is 11.3 Å². The second-order valence-corrected chi connectivity index (χ2v) is 8.91. The van der Waals surface area contributed by atoms with Crippen LogP contribution in [0.2, 0.25) is 0 Å². The SMILES string of the molecule is CC1CCC2(CC1)NC(=S)c1c(sc3c1CC[C@H](C)C3)N2. The van der Waals surface area contributed by atoms with E-state index in [1.54, 1.807) is 4.88 Å². The third kappa shape index (κ3) is 2.31. The van der Waals surface area contributed by atoms with E-state index in [-0.39, 0.29) is 5.66 Å². The summed E-state index contributed by atoms with van der Waals surface area (Å²) < 4.78 is 0. The first kappa shape index (κ1) is 14.0. The number of nitrogens with one attached hydrogen (secondary N) is 2. The molecule has 0 unspecified atom stereocenters. The molecule has 1 saturated carbocycles. The number of thiocarbonyl (C=S) groups is 1. The highest BCUT2D eigenvalue weighted by Crippen LogP contribution is 2.45. The molecule has 2 heterocycles. The Labute approximate surface area is 136 Å². The van der Waals surface area contributed by atoms with Gasteiger partial charge in [0.2, 0.25) is 0 Å².